The van der Waals surface area contributed by atoms with Gasteiger partial charge >= 0.3 is 5.96 Å². The van der Waals surface area contributed by atoms with Crippen LogP contribution in [0.15, 0.2) is 0 Å². The van der Waals surface area contributed by atoms with Crippen LogP contribution in [0.4, 0.5) is 0 Å². The van der Waals surface area contributed by atoms with Crippen LogP contribution >= 0.6 is 0 Å². The number of guanidine groups is 1. The quantitative estimate of drug-likeness (QED) is 0.462. The van der Waals surface area contributed by atoms with Crippen molar-refractivity contribution in [2.45, 2.75) is 59.3 Å². The summed E-state index contributed by atoms with van der Waals surface area (Å²) >= 11 is 0. The van der Waals surface area contributed by atoms with Crippen molar-refractivity contribution < 1.29 is 4.79 Å². The van der Waals surface area contributed by atoms with E-state index in [1.807, 2.05) is 0 Å². The largest absolute Gasteiger partial charge is 0.405 e. The van der Waals surface area contributed by atoms with Gasteiger partial charge in [0.05, 0.1) is 0 Å². The maximum Gasteiger partial charge on any atom is 0.405 e. The van der Waals surface area contributed by atoms with Gasteiger partial charge in [-0.15, -0.1) is 0 Å². The molecule has 6 nitrogen and oxygen atoms in total. The Morgan fingerprint density at radius 1 is 0.720 bits per heavy atom. The highest BCUT2D eigenvalue weighted by Gasteiger charge is 2.30. The Labute approximate surface area is 153 Å². The van der Waals surface area contributed by atoms with E-state index in [4.69, 9.17) is 5.73 Å². The van der Waals surface area contributed by atoms with Crippen molar-refractivity contribution in [1.82, 2.24) is 20.5 Å². The topological polar surface area (TPSA) is 50.8 Å². The molecule has 0 aliphatic carbocycles. The fourth-order valence-electron chi connectivity index (χ4n) is 4.18. The van der Waals surface area contributed by atoms with Crippen LogP contribution < -0.4 is 11.2 Å². The number of nitrogens with two attached hydrogens (primary N) is 1. The van der Waals surface area contributed by atoms with Gasteiger partial charge in [0.2, 0.25) is 0 Å². The molecule has 0 radical (unpaired) electrons. The minimum absolute atomic E-state index is 0.790. The van der Waals surface area contributed by atoms with Gasteiger partial charge in [0.25, 0.3) is 0 Å². The van der Waals surface area contributed by atoms with Gasteiger partial charge in [-0.25, -0.2) is 10.0 Å². The lowest BCUT2D eigenvalue weighted by molar-refractivity contribution is -0.820. The van der Waals surface area contributed by atoms with Crippen molar-refractivity contribution in [3.8, 4) is 0 Å². The van der Waals surface area contributed by atoms with Gasteiger partial charge < -0.3 is 0 Å². The van der Waals surface area contributed by atoms with Gasteiger partial charge in [-0.3, -0.25) is 5.73 Å². The summed E-state index contributed by atoms with van der Waals surface area (Å²) in [6.45, 7) is 13.7. The molecule has 0 saturated carbocycles. The van der Waals surface area contributed by atoms with Crippen LogP contribution in [0.25, 0.3) is 0 Å². The van der Waals surface area contributed by atoms with Crippen LogP contribution in [0.2, 0.25) is 0 Å². The van der Waals surface area contributed by atoms with E-state index in [0.29, 0.717) is 0 Å². The molecule has 144 valence electrons. The van der Waals surface area contributed by atoms with Crippen LogP contribution in [0.1, 0.15) is 59.3 Å². The molecule has 0 aromatic heterocycles. The van der Waals surface area contributed by atoms with Gasteiger partial charge in [0.1, 0.15) is 0 Å². The molecule has 3 rings (SSSR count). The maximum atomic E-state index is 6.62. The third kappa shape index (κ3) is 4.93. The summed E-state index contributed by atoms with van der Waals surface area (Å²) in [7, 11) is 0. The molecular weight excluding hydrogens is 312 g/mol. The molecule has 6 heteroatoms. The molecule has 0 atom stereocenters. The van der Waals surface area contributed by atoms with E-state index in [9.17, 15) is 0 Å². The summed E-state index contributed by atoms with van der Waals surface area (Å²) in [6.07, 6.45) is 7.54. The van der Waals surface area contributed by atoms with E-state index in [2.05, 4.69) is 46.0 Å². The smallest absolute Gasteiger partial charge is 0.286 e. The third-order valence-electron chi connectivity index (χ3n) is 6.33. The second kappa shape index (κ2) is 8.47. The van der Waals surface area contributed by atoms with Gasteiger partial charge in [0, 0.05) is 39.3 Å². The Hall–Kier alpha value is -1.17. The second-order valence-corrected chi connectivity index (χ2v) is 8.73. The summed E-state index contributed by atoms with van der Waals surface area (Å²) in [6, 6.07) is 0. The van der Waals surface area contributed by atoms with Crippen molar-refractivity contribution in [2.24, 2.45) is 23.5 Å². The van der Waals surface area contributed by atoms with E-state index in [-0.39, 0.29) is 0 Å². The Balaban J connectivity index is 1.71. The molecule has 25 heavy (non-hydrogen) atoms. The third-order valence-corrected chi connectivity index (χ3v) is 6.33. The first-order valence-corrected chi connectivity index (χ1v) is 10.5. The number of hydrazine groups is 3. The van der Waals surface area contributed by atoms with Crippen LogP contribution in [0.5, 0.6) is 0 Å². The molecular formula is C19H39N6+. The van der Waals surface area contributed by atoms with Crippen LogP contribution in [0.3, 0.4) is 0 Å². The highest BCUT2D eigenvalue weighted by atomic mass is 15.8. The van der Waals surface area contributed by atoms with E-state index in [1.54, 1.807) is 0 Å². The Morgan fingerprint density at radius 3 is 1.48 bits per heavy atom. The average molecular weight is 352 g/mol. The van der Waals surface area contributed by atoms with Gasteiger partial charge in [-0.2, -0.15) is 10.4 Å². The number of piperidine rings is 3. The van der Waals surface area contributed by atoms with Crippen LogP contribution in [-0.2, 0) is 0 Å². The van der Waals surface area contributed by atoms with Crippen LogP contribution in [0, 0.1) is 17.8 Å². The zero-order valence-electron chi connectivity index (χ0n) is 16.6. The number of hydrogen-bond acceptors (Lipinski definition) is 3. The normalized spacial score (nSPS) is 25.2. The Kier molecular flexibility index (Phi) is 6.31. The van der Waals surface area contributed by atoms with E-state index < -0.39 is 0 Å². The van der Waals surface area contributed by atoms with Gasteiger partial charge in [-0.05, 0) is 56.3 Å². The molecule has 0 amide bonds. The first kappa shape index (κ1) is 18.6. The second-order valence-electron chi connectivity index (χ2n) is 8.73. The number of hydrogen-bond donors (Lipinski definition) is 2. The molecule has 0 aromatic carbocycles. The number of nitrogens with one attached hydrogen (secondary N) is 1. The molecule has 3 aliphatic heterocycles. The fourth-order valence-corrected chi connectivity index (χ4v) is 4.18. The van der Waals surface area contributed by atoms with Crippen molar-refractivity contribution >= 4 is 5.96 Å². The molecule has 3 aliphatic rings. The average Bonchev–Trinajstić information content (AvgIpc) is 2.60. The lowest BCUT2D eigenvalue weighted by atomic mass is 10.00. The molecule has 0 bridgehead atoms. The van der Waals surface area contributed by atoms with Crippen molar-refractivity contribution in [3.05, 3.63) is 0 Å². The Morgan fingerprint density at radius 2 is 1.08 bits per heavy atom. The summed E-state index contributed by atoms with van der Waals surface area (Å²) < 4.78 is 0. The van der Waals surface area contributed by atoms with E-state index >= 15 is 0 Å². The lowest BCUT2D eigenvalue weighted by Gasteiger charge is -2.40. The number of hydrazone groups is 2. The monoisotopic (exact) mass is 351 g/mol. The van der Waals surface area contributed by atoms with Crippen molar-refractivity contribution in [1.29, 1.82) is 0 Å². The summed E-state index contributed by atoms with van der Waals surface area (Å²) in [5.41, 5.74) is 10.1. The standard InChI is InChI=1S/C19H38N6/c1-16-4-10-22(11-5-16)21-19(20)25(23-12-6-17(2)7-13-23)24-14-8-18(3)9-15-24/h16-18H,4-15H2,1-3H3,(H2,20,21)/p+1. The lowest BCUT2D eigenvalue weighted by Crippen LogP contribution is -2.61. The minimum Gasteiger partial charge on any atom is -0.286 e. The molecule has 3 saturated heterocycles. The fraction of sp³-hybridized carbons (Fsp3) is 0.947. The zero-order valence-corrected chi connectivity index (χ0v) is 16.6. The first-order valence-electron chi connectivity index (χ1n) is 10.5. The number of rotatable bonds is 3. The van der Waals surface area contributed by atoms with E-state index in [0.717, 1.165) is 63.0 Å². The predicted octanol–water partition coefficient (Wildman–Crippen LogP) is 1.84. The number of nitrogens with zero attached hydrogens (tertiary/aromatic N) is 4. The van der Waals surface area contributed by atoms with Crippen molar-refractivity contribution in [3.63, 3.8) is 0 Å². The van der Waals surface area contributed by atoms with Gasteiger partial charge in [0.15, 0.2) is 0 Å². The molecule has 3 fully saturated rings. The molecule has 3 N–H and O–H groups in total. The van der Waals surface area contributed by atoms with Gasteiger partial charge in [-0.1, -0.05) is 25.6 Å². The predicted molar refractivity (Wildman–Crippen MR) is 103 cm³/mol. The molecule has 3 heterocycles. The molecule has 0 spiro atoms. The minimum atomic E-state index is 0.790. The van der Waals surface area contributed by atoms with E-state index in [1.165, 1.54) is 38.5 Å². The molecule has 0 aromatic rings. The Bertz CT molecular complexity index is 417. The summed E-state index contributed by atoms with van der Waals surface area (Å²) in [5, 5.41) is 7.23. The highest BCUT2D eigenvalue weighted by molar-refractivity contribution is 5.71. The summed E-state index contributed by atoms with van der Waals surface area (Å²) in [4.78, 5) is 2.29. The van der Waals surface area contributed by atoms with Crippen LogP contribution in [-0.4, -0.2) is 65.0 Å². The summed E-state index contributed by atoms with van der Waals surface area (Å²) in [5.74, 6) is 3.29. The maximum absolute atomic E-state index is 6.62. The zero-order chi connectivity index (χ0) is 17.8. The SMILES string of the molecule is CC1CCN(NC(N)=[N+](N2CCC(C)CC2)N2CCC(C)CC2)CC1. The molecule has 0 unspecified atom stereocenters. The highest BCUT2D eigenvalue weighted by Crippen LogP contribution is 2.21. The first-order chi connectivity index (χ1) is 12.0. The van der Waals surface area contributed by atoms with Crippen molar-refractivity contribution in [2.75, 3.05) is 39.3 Å².